The molecule has 1 heterocycles. The molecule has 3 heteroatoms. The minimum atomic E-state index is 0.143. The SMILES string of the molecule is C[C@H]1COC(c2cccc(Cl)c2)CN1. The molecule has 1 N–H and O–H groups in total. The molecular formula is C11H14ClNO. The molecule has 0 radical (unpaired) electrons. The third-order valence-corrected chi connectivity index (χ3v) is 2.65. The molecule has 1 saturated heterocycles. The molecule has 1 aromatic carbocycles. The molecule has 2 atom stereocenters. The summed E-state index contributed by atoms with van der Waals surface area (Å²) in [7, 11) is 0. The molecule has 1 aliphatic heterocycles. The summed E-state index contributed by atoms with van der Waals surface area (Å²) in [6, 6.07) is 8.30. The van der Waals surface area contributed by atoms with Gasteiger partial charge < -0.3 is 10.1 Å². The highest BCUT2D eigenvalue weighted by Gasteiger charge is 2.19. The van der Waals surface area contributed by atoms with Crippen LogP contribution < -0.4 is 5.32 Å². The first-order valence-electron chi connectivity index (χ1n) is 4.86. The van der Waals surface area contributed by atoms with E-state index in [4.69, 9.17) is 16.3 Å². The Hall–Kier alpha value is -0.570. The normalized spacial score (nSPS) is 27.6. The van der Waals surface area contributed by atoms with Crippen molar-refractivity contribution in [1.29, 1.82) is 0 Å². The largest absolute Gasteiger partial charge is 0.371 e. The molecule has 1 aliphatic rings. The predicted octanol–water partition coefficient (Wildman–Crippen LogP) is 2.39. The van der Waals surface area contributed by atoms with Crippen LogP contribution in [0.4, 0.5) is 0 Å². The number of ether oxygens (including phenoxy) is 1. The van der Waals surface area contributed by atoms with Gasteiger partial charge in [-0.15, -0.1) is 0 Å². The van der Waals surface area contributed by atoms with Crippen LogP contribution in [0.25, 0.3) is 0 Å². The van der Waals surface area contributed by atoms with Crippen LogP contribution in [-0.4, -0.2) is 19.2 Å². The lowest BCUT2D eigenvalue weighted by molar-refractivity contribution is 0.00696. The smallest absolute Gasteiger partial charge is 0.0950 e. The van der Waals surface area contributed by atoms with Crippen LogP contribution in [0, 0.1) is 0 Å². The van der Waals surface area contributed by atoms with Crippen molar-refractivity contribution in [2.24, 2.45) is 0 Å². The Morgan fingerprint density at radius 1 is 1.50 bits per heavy atom. The van der Waals surface area contributed by atoms with Gasteiger partial charge in [0.15, 0.2) is 0 Å². The van der Waals surface area contributed by atoms with Crippen LogP contribution in [0.3, 0.4) is 0 Å². The summed E-state index contributed by atoms with van der Waals surface area (Å²) in [4.78, 5) is 0. The third-order valence-electron chi connectivity index (χ3n) is 2.42. The molecule has 2 nitrogen and oxygen atoms in total. The van der Waals surface area contributed by atoms with Crippen molar-refractivity contribution >= 4 is 11.6 Å². The maximum Gasteiger partial charge on any atom is 0.0950 e. The second-order valence-electron chi connectivity index (χ2n) is 3.69. The summed E-state index contributed by atoms with van der Waals surface area (Å²) < 4.78 is 5.71. The molecule has 0 amide bonds. The fraction of sp³-hybridized carbons (Fsp3) is 0.455. The van der Waals surface area contributed by atoms with E-state index >= 15 is 0 Å². The molecule has 0 aromatic heterocycles. The van der Waals surface area contributed by atoms with E-state index in [2.05, 4.69) is 12.2 Å². The van der Waals surface area contributed by atoms with Gasteiger partial charge >= 0.3 is 0 Å². The summed E-state index contributed by atoms with van der Waals surface area (Å²) in [6.07, 6.45) is 0.143. The molecular weight excluding hydrogens is 198 g/mol. The Labute approximate surface area is 89.2 Å². The third kappa shape index (κ3) is 2.27. The molecule has 0 spiro atoms. The first-order valence-corrected chi connectivity index (χ1v) is 5.24. The Bertz CT molecular complexity index is 308. The van der Waals surface area contributed by atoms with Gasteiger partial charge in [0.25, 0.3) is 0 Å². The molecule has 0 saturated carbocycles. The van der Waals surface area contributed by atoms with Crippen molar-refractivity contribution in [2.75, 3.05) is 13.2 Å². The number of halogens is 1. The number of benzene rings is 1. The zero-order valence-corrected chi connectivity index (χ0v) is 8.92. The zero-order chi connectivity index (χ0) is 9.97. The summed E-state index contributed by atoms with van der Waals surface area (Å²) in [5, 5.41) is 4.15. The lowest BCUT2D eigenvalue weighted by atomic mass is 10.1. The molecule has 1 aromatic rings. The molecule has 0 aliphatic carbocycles. The molecule has 1 fully saturated rings. The number of rotatable bonds is 1. The van der Waals surface area contributed by atoms with Gasteiger partial charge in [0.05, 0.1) is 12.7 Å². The van der Waals surface area contributed by atoms with Crippen molar-refractivity contribution in [1.82, 2.24) is 5.32 Å². The number of hydrogen-bond acceptors (Lipinski definition) is 2. The van der Waals surface area contributed by atoms with Crippen molar-refractivity contribution < 1.29 is 4.74 Å². The zero-order valence-electron chi connectivity index (χ0n) is 8.16. The summed E-state index contributed by atoms with van der Waals surface area (Å²) in [5.74, 6) is 0. The molecule has 14 heavy (non-hydrogen) atoms. The van der Waals surface area contributed by atoms with Gasteiger partial charge in [-0.2, -0.15) is 0 Å². The second-order valence-corrected chi connectivity index (χ2v) is 4.12. The average molecular weight is 212 g/mol. The van der Waals surface area contributed by atoms with Gasteiger partial charge in [-0.1, -0.05) is 23.7 Å². The number of hydrogen-bond donors (Lipinski definition) is 1. The highest BCUT2D eigenvalue weighted by Crippen LogP contribution is 2.22. The maximum absolute atomic E-state index is 5.92. The molecule has 1 unspecified atom stereocenters. The summed E-state index contributed by atoms with van der Waals surface area (Å²) >= 11 is 5.92. The van der Waals surface area contributed by atoms with Gasteiger partial charge in [-0.25, -0.2) is 0 Å². The van der Waals surface area contributed by atoms with Crippen LogP contribution in [0.15, 0.2) is 24.3 Å². The van der Waals surface area contributed by atoms with Crippen LogP contribution >= 0.6 is 11.6 Å². The van der Waals surface area contributed by atoms with Crippen molar-refractivity contribution in [3.05, 3.63) is 34.9 Å². The van der Waals surface area contributed by atoms with E-state index < -0.39 is 0 Å². The van der Waals surface area contributed by atoms with E-state index in [0.717, 1.165) is 23.7 Å². The standard InChI is InChI=1S/C11H14ClNO/c1-8-7-14-11(6-13-8)9-3-2-4-10(12)5-9/h2-5,8,11,13H,6-7H2,1H3/t8-,11?/m0/s1. The molecule has 2 rings (SSSR count). The average Bonchev–Trinajstić information content (AvgIpc) is 2.19. The summed E-state index contributed by atoms with van der Waals surface area (Å²) in [6.45, 7) is 3.74. The fourth-order valence-electron chi connectivity index (χ4n) is 1.61. The van der Waals surface area contributed by atoms with E-state index in [1.807, 2.05) is 24.3 Å². The van der Waals surface area contributed by atoms with Gasteiger partial charge in [-0.3, -0.25) is 0 Å². The Morgan fingerprint density at radius 2 is 2.36 bits per heavy atom. The van der Waals surface area contributed by atoms with Gasteiger partial charge in [0, 0.05) is 17.6 Å². The van der Waals surface area contributed by atoms with Crippen molar-refractivity contribution in [3.63, 3.8) is 0 Å². The Kier molecular flexibility index (Phi) is 3.06. The van der Waals surface area contributed by atoms with E-state index in [1.165, 1.54) is 0 Å². The summed E-state index contributed by atoms with van der Waals surface area (Å²) in [5.41, 5.74) is 1.15. The van der Waals surface area contributed by atoms with Gasteiger partial charge in [-0.05, 0) is 24.6 Å². The first-order chi connectivity index (χ1) is 6.75. The topological polar surface area (TPSA) is 21.3 Å². The second kappa shape index (κ2) is 4.30. The van der Waals surface area contributed by atoms with Crippen LogP contribution in [0.5, 0.6) is 0 Å². The maximum atomic E-state index is 5.92. The van der Waals surface area contributed by atoms with Gasteiger partial charge in [0.2, 0.25) is 0 Å². The van der Waals surface area contributed by atoms with Crippen molar-refractivity contribution in [2.45, 2.75) is 19.1 Å². The first kappa shape index (κ1) is 9.97. The highest BCUT2D eigenvalue weighted by atomic mass is 35.5. The monoisotopic (exact) mass is 211 g/mol. The van der Waals surface area contributed by atoms with Crippen LogP contribution in [0.2, 0.25) is 5.02 Å². The van der Waals surface area contributed by atoms with E-state index in [-0.39, 0.29) is 6.10 Å². The quantitative estimate of drug-likeness (QED) is 0.770. The molecule has 76 valence electrons. The number of nitrogens with one attached hydrogen (secondary N) is 1. The minimum absolute atomic E-state index is 0.143. The van der Waals surface area contributed by atoms with E-state index in [1.54, 1.807) is 0 Å². The van der Waals surface area contributed by atoms with E-state index in [0.29, 0.717) is 6.04 Å². The van der Waals surface area contributed by atoms with Crippen LogP contribution in [-0.2, 0) is 4.74 Å². The Balaban J connectivity index is 2.08. The lowest BCUT2D eigenvalue weighted by Gasteiger charge is -2.28. The molecule has 0 bridgehead atoms. The van der Waals surface area contributed by atoms with Crippen molar-refractivity contribution in [3.8, 4) is 0 Å². The predicted molar refractivity (Wildman–Crippen MR) is 57.6 cm³/mol. The highest BCUT2D eigenvalue weighted by molar-refractivity contribution is 6.30. The number of morpholine rings is 1. The minimum Gasteiger partial charge on any atom is -0.371 e. The lowest BCUT2D eigenvalue weighted by Crippen LogP contribution is -2.40. The van der Waals surface area contributed by atoms with E-state index in [9.17, 15) is 0 Å². The van der Waals surface area contributed by atoms with Crippen LogP contribution in [0.1, 0.15) is 18.6 Å². The fourth-order valence-corrected chi connectivity index (χ4v) is 1.81. The Morgan fingerprint density at radius 3 is 3.00 bits per heavy atom. The van der Waals surface area contributed by atoms with Gasteiger partial charge in [0.1, 0.15) is 0 Å².